The second kappa shape index (κ2) is 9.86. The lowest BCUT2D eigenvalue weighted by atomic mass is 9.98. The van der Waals surface area contributed by atoms with Gasteiger partial charge in [-0.2, -0.15) is 0 Å². The van der Waals surface area contributed by atoms with Gasteiger partial charge in [-0.15, -0.1) is 0 Å². The number of hydrogen-bond donors (Lipinski definition) is 1. The van der Waals surface area contributed by atoms with E-state index in [4.69, 9.17) is 4.74 Å². The van der Waals surface area contributed by atoms with Gasteiger partial charge in [0.05, 0.1) is 19.3 Å². The van der Waals surface area contributed by atoms with Crippen LogP contribution in [0.4, 0.5) is 0 Å². The van der Waals surface area contributed by atoms with Crippen molar-refractivity contribution in [3.63, 3.8) is 0 Å². The molecule has 0 aliphatic carbocycles. The molecule has 1 atom stereocenters. The number of rotatable bonds is 8. The van der Waals surface area contributed by atoms with Crippen molar-refractivity contribution >= 4 is 27.9 Å². The Morgan fingerprint density at radius 2 is 1.77 bits per heavy atom. The molecule has 0 radical (unpaired) electrons. The number of esters is 2. The number of amides is 1. The number of carbonyl (C=O) groups excluding carboxylic acids is 3. The van der Waals surface area contributed by atoms with Gasteiger partial charge in [0.2, 0.25) is 10.0 Å². The van der Waals surface area contributed by atoms with Crippen LogP contribution in [-0.4, -0.2) is 69.7 Å². The van der Waals surface area contributed by atoms with Gasteiger partial charge in [0, 0.05) is 13.1 Å². The molecule has 1 unspecified atom stereocenters. The second-order valence-electron chi connectivity index (χ2n) is 6.82. The first-order valence-electron chi connectivity index (χ1n) is 8.53. The van der Waals surface area contributed by atoms with Gasteiger partial charge in [0.15, 0.2) is 6.61 Å². The number of carbonyl (C=O) groups is 3. The minimum absolute atomic E-state index is 0.168. The molecule has 9 nitrogen and oxygen atoms in total. The smallest absolute Gasteiger partial charge is 0.328 e. The average Bonchev–Trinajstić information content (AvgIpc) is 2.57. The molecule has 0 saturated carbocycles. The van der Waals surface area contributed by atoms with Crippen LogP contribution in [-0.2, 0) is 33.9 Å². The van der Waals surface area contributed by atoms with Gasteiger partial charge in [-0.1, -0.05) is 13.8 Å². The van der Waals surface area contributed by atoms with E-state index in [0.717, 1.165) is 6.26 Å². The Labute approximate surface area is 154 Å². The lowest BCUT2D eigenvalue weighted by Gasteiger charge is -2.28. The van der Waals surface area contributed by atoms with Gasteiger partial charge >= 0.3 is 11.9 Å². The van der Waals surface area contributed by atoms with Crippen molar-refractivity contribution in [1.82, 2.24) is 9.62 Å². The standard InChI is InChI=1S/C16H28N2O7S/c1-11(2)9-13(16(21)24-3)17-14(19)10-25-15(20)12-5-7-18(8-6-12)26(4,22)23/h11-13H,5-10H2,1-4H3,(H,17,19). The highest BCUT2D eigenvalue weighted by atomic mass is 32.2. The van der Waals surface area contributed by atoms with E-state index in [1.165, 1.54) is 11.4 Å². The zero-order chi connectivity index (χ0) is 19.9. The highest BCUT2D eigenvalue weighted by Gasteiger charge is 2.30. The van der Waals surface area contributed by atoms with Crippen LogP contribution in [0.1, 0.15) is 33.1 Å². The maximum atomic E-state index is 12.1. The van der Waals surface area contributed by atoms with Crippen molar-refractivity contribution in [3.05, 3.63) is 0 Å². The average molecular weight is 392 g/mol. The van der Waals surface area contributed by atoms with E-state index in [1.807, 2.05) is 13.8 Å². The number of nitrogens with one attached hydrogen (secondary N) is 1. The van der Waals surface area contributed by atoms with E-state index in [-0.39, 0.29) is 19.0 Å². The predicted octanol–water partition coefficient (Wildman–Crippen LogP) is -0.0949. The topological polar surface area (TPSA) is 119 Å². The molecule has 1 fully saturated rings. The third-order valence-corrected chi connectivity index (χ3v) is 5.43. The van der Waals surface area contributed by atoms with Crippen molar-refractivity contribution in [2.24, 2.45) is 11.8 Å². The van der Waals surface area contributed by atoms with E-state index in [9.17, 15) is 22.8 Å². The van der Waals surface area contributed by atoms with E-state index < -0.39 is 46.4 Å². The van der Waals surface area contributed by atoms with Crippen molar-refractivity contribution in [2.75, 3.05) is 33.1 Å². The largest absolute Gasteiger partial charge is 0.467 e. The summed E-state index contributed by atoms with van der Waals surface area (Å²) in [5.74, 6) is -1.93. The number of piperidine rings is 1. The molecule has 0 spiro atoms. The minimum atomic E-state index is -3.26. The summed E-state index contributed by atoms with van der Waals surface area (Å²) < 4.78 is 33.9. The maximum absolute atomic E-state index is 12.1. The van der Waals surface area contributed by atoms with Crippen LogP contribution in [0.15, 0.2) is 0 Å². The Morgan fingerprint density at radius 3 is 2.23 bits per heavy atom. The SMILES string of the molecule is COC(=O)C(CC(C)C)NC(=O)COC(=O)C1CCN(S(C)(=O)=O)CC1. The molecule has 1 aliphatic rings. The Hall–Kier alpha value is -1.68. The van der Waals surface area contributed by atoms with Crippen LogP contribution in [0, 0.1) is 11.8 Å². The summed E-state index contributed by atoms with van der Waals surface area (Å²) >= 11 is 0. The van der Waals surface area contributed by atoms with Crippen LogP contribution >= 0.6 is 0 Å². The van der Waals surface area contributed by atoms with Crippen LogP contribution in [0.5, 0.6) is 0 Å². The quantitative estimate of drug-likeness (QED) is 0.573. The molecule has 1 aliphatic heterocycles. The van der Waals surface area contributed by atoms with Gasteiger partial charge in [-0.25, -0.2) is 17.5 Å². The first-order chi connectivity index (χ1) is 12.0. The van der Waals surface area contributed by atoms with Gasteiger partial charge < -0.3 is 14.8 Å². The first-order valence-corrected chi connectivity index (χ1v) is 10.4. The minimum Gasteiger partial charge on any atom is -0.467 e. The molecule has 1 saturated heterocycles. The van der Waals surface area contributed by atoms with Crippen LogP contribution < -0.4 is 5.32 Å². The molecule has 10 heteroatoms. The summed E-state index contributed by atoms with van der Waals surface area (Å²) in [4.78, 5) is 35.7. The summed E-state index contributed by atoms with van der Waals surface area (Å²) in [5.41, 5.74) is 0. The number of hydrogen-bond acceptors (Lipinski definition) is 7. The fourth-order valence-electron chi connectivity index (χ4n) is 2.74. The fourth-order valence-corrected chi connectivity index (χ4v) is 3.62. The maximum Gasteiger partial charge on any atom is 0.328 e. The van der Waals surface area contributed by atoms with Gasteiger partial charge in [0.25, 0.3) is 5.91 Å². The Morgan fingerprint density at radius 1 is 1.19 bits per heavy atom. The number of methoxy groups -OCH3 is 1. The molecule has 1 heterocycles. The molecule has 26 heavy (non-hydrogen) atoms. The van der Waals surface area contributed by atoms with Crippen LogP contribution in [0.25, 0.3) is 0 Å². The lowest BCUT2D eigenvalue weighted by molar-refractivity contribution is -0.154. The van der Waals surface area contributed by atoms with Crippen LogP contribution in [0.2, 0.25) is 0 Å². The molecule has 1 amide bonds. The van der Waals surface area contributed by atoms with Crippen molar-refractivity contribution < 1.29 is 32.3 Å². The lowest BCUT2D eigenvalue weighted by Crippen LogP contribution is -2.44. The summed E-state index contributed by atoms with van der Waals surface area (Å²) in [6.45, 7) is 3.83. The highest BCUT2D eigenvalue weighted by molar-refractivity contribution is 7.88. The molecule has 0 aromatic carbocycles. The fraction of sp³-hybridized carbons (Fsp3) is 0.812. The normalized spacial score (nSPS) is 17.6. The first kappa shape index (κ1) is 22.4. The second-order valence-corrected chi connectivity index (χ2v) is 8.80. The van der Waals surface area contributed by atoms with E-state index >= 15 is 0 Å². The molecule has 0 aromatic heterocycles. The zero-order valence-electron chi connectivity index (χ0n) is 15.7. The monoisotopic (exact) mass is 392 g/mol. The Bertz CT molecular complexity index is 610. The predicted molar refractivity (Wildman–Crippen MR) is 93.5 cm³/mol. The molecule has 0 bridgehead atoms. The summed E-state index contributed by atoms with van der Waals surface area (Å²) in [7, 11) is -2.02. The summed E-state index contributed by atoms with van der Waals surface area (Å²) in [6, 6.07) is -0.788. The third-order valence-electron chi connectivity index (χ3n) is 4.13. The van der Waals surface area contributed by atoms with Crippen molar-refractivity contribution in [1.29, 1.82) is 0 Å². The molecule has 150 valence electrons. The number of nitrogens with zero attached hydrogens (tertiary/aromatic N) is 1. The van der Waals surface area contributed by atoms with Crippen LogP contribution in [0.3, 0.4) is 0 Å². The summed E-state index contributed by atoms with van der Waals surface area (Å²) in [5, 5.41) is 2.51. The molecular formula is C16H28N2O7S. The number of ether oxygens (including phenoxy) is 2. The van der Waals surface area contributed by atoms with Crippen molar-refractivity contribution in [2.45, 2.75) is 39.2 Å². The zero-order valence-corrected chi connectivity index (χ0v) is 16.5. The molecule has 1 rings (SSSR count). The van der Waals surface area contributed by atoms with Gasteiger partial charge in [-0.3, -0.25) is 9.59 Å². The number of sulfonamides is 1. The Kier molecular flexibility index (Phi) is 8.48. The molecule has 1 N–H and O–H groups in total. The van der Waals surface area contributed by atoms with E-state index in [0.29, 0.717) is 19.3 Å². The molecule has 0 aromatic rings. The van der Waals surface area contributed by atoms with E-state index in [1.54, 1.807) is 0 Å². The highest BCUT2D eigenvalue weighted by Crippen LogP contribution is 2.20. The van der Waals surface area contributed by atoms with Crippen molar-refractivity contribution in [3.8, 4) is 0 Å². The molecular weight excluding hydrogens is 364 g/mol. The Balaban J connectivity index is 2.44. The van der Waals surface area contributed by atoms with Gasteiger partial charge in [0.1, 0.15) is 6.04 Å². The summed E-state index contributed by atoms with van der Waals surface area (Å²) in [6.07, 6.45) is 2.25. The third kappa shape index (κ3) is 7.28. The van der Waals surface area contributed by atoms with Gasteiger partial charge in [-0.05, 0) is 25.2 Å². The van der Waals surface area contributed by atoms with E-state index in [2.05, 4.69) is 10.1 Å².